The van der Waals surface area contributed by atoms with Gasteiger partial charge >= 0.3 is 0 Å². The van der Waals surface area contributed by atoms with Gasteiger partial charge in [-0.25, -0.2) is 0 Å². The first-order valence-electron chi connectivity index (χ1n) is 6.86. The van der Waals surface area contributed by atoms with Crippen molar-refractivity contribution in [3.05, 3.63) is 0 Å². The fraction of sp³-hybridized carbons (Fsp3) is 1.00. The maximum absolute atomic E-state index is 2.42. The molecule has 3 fully saturated rings. The summed E-state index contributed by atoms with van der Waals surface area (Å²) in [5, 5.41) is 0. The minimum absolute atomic E-state index is 0.814. The Bertz CT molecular complexity index is 199. The van der Waals surface area contributed by atoms with Gasteiger partial charge in [0.1, 0.15) is 0 Å². The van der Waals surface area contributed by atoms with Crippen LogP contribution >= 0.6 is 0 Å². The zero-order valence-corrected chi connectivity index (χ0v) is 11.5. The van der Waals surface area contributed by atoms with Crippen LogP contribution in [-0.4, -0.2) is 50.1 Å². The second kappa shape index (κ2) is 4.66. The predicted molar refractivity (Wildman–Crippen MR) is 69.6 cm³/mol. The highest BCUT2D eigenvalue weighted by Gasteiger charge is 2.48. The lowest BCUT2D eigenvalue weighted by Crippen LogP contribution is -2.60. The van der Waals surface area contributed by atoms with Gasteiger partial charge in [-0.05, 0) is 57.2 Å². The molecule has 94 valence electrons. The van der Waals surface area contributed by atoms with E-state index in [1.165, 1.54) is 45.4 Å². The molecule has 16 heavy (non-hydrogen) atoms. The van der Waals surface area contributed by atoms with Gasteiger partial charge in [-0.2, -0.15) is 0 Å². The molecular formula is C14H28N2. The molecule has 2 nitrogen and oxygen atoms in total. The number of hydrogen-bond acceptors (Lipinski definition) is 2. The summed E-state index contributed by atoms with van der Waals surface area (Å²) in [4.78, 5) is 4.80. The van der Waals surface area contributed by atoms with E-state index >= 15 is 0 Å². The van der Waals surface area contributed by atoms with E-state index in [1.54, 1.807) is 0 Å². The van der Waals surface area contributed by atoms with Crippen LogP contribution in [0.4, 0.5) is 0 Å². The highest BCUT2D eigenvalue weighted by Crippen LogP contribution is 2.50. The van der Waals surface area contributed by atoms with Crippen molar-refractivity contribution < 1.29 is 0 Å². The first kappa shape index (κ1) is 12.4. The summed E-state index contributed by atoms with van der Waals surface area (Å²) < 4.78 is 0. The Morgan fingerprint density at radius 2 is 1.56 bits per heavy atom. The van der Waals surface area contributed by atoms with Crippen LogP contribution in [0.5, 0.6) is 0 Å². The first-order valence-corrected chi connectivity index (χ1v) is 6.86. The molecule has 3 aliphatic rings. The minimum Gasteiger partial charge on any atom is -0.306 e. The Labute approximate surface area is 101 Å². The maximum atomic E-state index is 2.42. The molecule has 0 aromatic heterocycles. The monoisotopic (exact) mass is 224 g/mol. The standard InChI is InChI=1S/C8H15N.C6H13N/c1-7-3-8(4-7)5-9(2)6-8;1-6-3-4-7(2)5-6/h7H,3-6H2,1-2H3;6H,3-5H2,1-2H3. The summed E-state index contributed by atoms with van der Waals surface area (Å²) >= 11 is 0. The smallest absolute Gasteiger partial charge is 0.00476 e. The molecule has 1 aliphatic carbocycles. The quantitative estimate of drug-likeness (QED) is 0.623. The molecule has 1 atom stereocenters. The minimum atomic E-state index is 0.814. The summed E-state index contributed by atoms with van der Waals surface area (Å²) in [6.45, 7) is 10.0. The fourth-order valence-corrected chi connectivity index (χ4v) is 3.93. The van der Waals surface area contributed by atoms with Crippen molar-refractivity contribution in [2.75, 3.05) is 40.3 Å². The molecule has 0 radical (unpaired) electrons. The molecule has 1 saturated carbocycles. The zero-order chi connectivity index (χ0) is 11.8. The van der Waals surface area contributed by atoms with E-state index in [0.29, 0.717) is 0 Å². The van der Waals surface area contributed by atoms with Gasteiger partial charge in [-0.3, -0.25) is 0 Å². The summed E-state index contributed by atoms with van der Waals surface area (Å²) in [7, 11) is 4.40. The average molecular weight is 224 g/mol. The van der Waals surface area contributed by atoms with Gasteiger partial charge in [0.2, 0.25) is 0 Å². The number of hydrogen-bond donors (Lipinski definition) is 0. The van der Waals surface area contributed by atoms with Crippen molar-refractivity contribution in [3.63, 3.8) is 0 Å². The van der Waals surface area contributed by atoms with E-state index in [4.69, 9.17) is 0 Å². The molecule has 2 heterocycles. The van der Waals surface area contributed by atoms with Crippen LogP contribution in [0.15, 0.2) is 0 Å². The molecule has 1 spiro atoms. The Kier molecular flexibility index (Phi) is 3.60. The van der Waals surface area contributed by atoms with Crippen molar-refractivity contribution in [3.8, 4) is 0 Å². The van der Waals surface area contributed by atoms with Gasteiger partial charge in [0.15, 0.2) is 0 Å². The predicted octanol–water partition coefficient (Wildman–Crippen LogP) is 2.31. The van der Waals surface area contributed by atoms with Crippen molar-refractivity contribution in [2.24, 2.45) is 17.3 Å². The Morgan fingerprint density at radius 1 is 0.938 bits per heavy atom. The zero-order valence-electron chi connectivity index (χ0n) is 11.5. The average Bonchev–Trinajstić information content (AvgIpc) is 2.46. The molecule has 2 heteroatoms. The van der Waals surface area contributed by atoms with Crippen LogP contribution in [0.1, 0.15) is 33.1 Å². The van der Waals surface area contributed by atoms with Gasteiger partial charge in [0.25, 0.3) is 0 Å². The third-order valence-electron chi connectivity index (χ3n) is 4.40. The van der Waals surface area contributed by atoms with Crippen LogP contribution in [0, 0.1) is 17.3 Å². The van der Waals surface area contributed by atoms with Gasteiger partial charge in [-0.1, -0.05) is 13.8 Å². The van der Waals surface area contributed by atoms with Crippen LogP contribution in [0.3, 0.4) is 0 Å². The second-order valence-electron chi connectivity index (χ2n) is 6.84. The van der Waals surface area contributed by atoms with E-state index < -0.39 is 0 Å². The van der Waals surface area contributed by atoms with E-state index in [9.17, 15) is 0 Å². The lowest BCUT2D eigenvalue weighted by atomic mass is 9.58. The number of likely N-dealkylation sites (tertiary alicyclic amines) is 2. The summed E-state index contributed by atoms with van der Waals surface area (Å²) in [6, 6.07) is 0. The van der Waals surface area contributed by atoms with E-state index in [0.717, 1.165) is 17.3 Å². The Morgan fingerprint density at radius 3 is 1.81 bits per heavy atom. The van der Waals surface area contributed by atoms with Crippen LogP contribution < -0.4 is 0 Å². The van der Waals surface area contributed by atoms with Gasteiger partial charge < -0.3 is 9.80 Å². The highest BCUT2D eigenvalue weighted by atomic mass is 15.2. The third kappa shape index (κ3) is 2.78. The first-order chi connectivity index (χ1) is 7.49. The van der Waals surface area contributed by atoms with E-state index in [2.05, 4.69) is 37.7 Å². The SMILES string of the molecule is CC1CC2(C1)CN(C)C2.CC1CCN(C)C1. The Hall–Kier alpha value is -0.0800. The highest BCUT2D eigenvalue weighted by molar-refractivity contribution is 5.01. The van der Waals surface area contributed by atoms with Gasteiger partial charge in [0.05, 0.1) is 0 Å². The van der Waals surface area contributed by atoms with Crippen molar-refractivity contribution >= 4 is 0 Å². The van der Waals surface area contributed by atoms with Gasteiger partial charge in [-0.15, -0.1) is 0 Å². The van der Waals surface area contributed by atoms with Crippen LogP contribution in [-0.2, 0) is 0 Å². The van der Waals surface area contributed by atoms with Gasteiger partial charge in [0, 0.05) is 19.6 Å². The number of nitrogens with zero attached hydrogens (tertiary/aromatic N) is 2. The molecule has 2 aliphatic heterocycles. The molecule has 0 amide bonds. The number of rotatable bonds is 0. The van der Waals surface area contributed by atoms with Crippen molar-refractivity contribution in [2.45, 2.75) is 33.1 Å². The molecule has 0 aromatic rings. The lowest BCUT2D eigenvalue weighted by molar-refractivity contribution is -0.0758. The van der Waals surface area contributed by atoms with E-state index in [-0.39, 0.29) is 0 Å². The normalized spacial score (nSPS) is 34.1. The molecule has 0 N–H and O–H groups in total. The van der Waals surface area contributed by atoms with Crippen LogP contribution in [0.2, 0.25) is 0 Å². The summed E-state index contributed by atoms with van der Waals surface area (Å²) in [5.74, 6) is 1.98. The largest absolute Gasteiger partial charge is 0.306 e. The topological polar surface area (TPSA) is 6.48 Å². The summed E-state index contributed by atoms with van der Waals surface area (Å²) in [5.41, 5.74) is 0.814. The molecule has 2 saturated heterocycles. The van der Waals surface area contributed by atoms with Crippen molar-refractivity contribution in [1.82, 2.24) is 9.80 Å². The Balaban J connectivity index is 0.000000125. The molecule has 3 rings (SSSR count). The van der Waals surface area contributed by atoms with E-state index in [1.807, 2.05) is 0 Å². The van der Waals surface area contributed by atoms with Crippen LogP contribution in [0.25, 0.3) is 0 Å². The summed E-state index contributed by atoms with van der Waals surface area (Å²) in [6.07, 6.45) is 4.39. The maximum Gasteiger partial charge on any atom is 0.00476 e. The molecular weight excluding hydrogens is 196 g/mol. The molecule has 0 aromatic carbocycles. The van der Waals surface area contributed by atoms with Crippen molar-refractivity contribution in [1.29, 1.82) is 0 Å². The second-order valence-corrected chi connectivity index (χ2v) is 6.84. The molecule has 1 unspecified atom stereocenters. The third-order valence-corrected chi connectivity index (χ3v) is 4.40. The lowest BCUT2D eigenvalue weighted by Gasteiger charge is -2.57. The fourth-order valence-electron chi connectivity index (χ4n) is 3.93. The molecule has 0 bridgehead atoms.